The van der Waals surface area contributed by atoms with Crippen LogP contribution in [0.2, 0.25) is 0 Å². The fourth-order valence-corrected chi connectivity index (χ4v) is 3.26. The van der Waals surface area contributed by atoms with Gasteiger partial charge in [0.2, 0.25) is 0 Å². The molecule has 0 aliphatic carbocycles. The molecule has 2 aromatic carbocycles. The third-order valence-corrected chi connectivity index (χ3v) is 4.73. The minimum absolute atomic E-state index is 0.198. The molecule has 1 aromatic heterocycles. The van der Waals surface area contributed by atoms with Crippen LogP contribution in [-0.2, 0) is 0 Å². The van der Waals surface area contributed by atoms with Crippen LogP contribution in [0.15, 0.2) is 88.7 Å². The molecule has 118 valence electrons. The van der Waals surface area contributed by atoms with E-state index in [0.717, 1.165) is 27.9 Å². The van der Waals surface area contributed by atoms with Gasteiger partial charge >= 0.3 is 0 Å². The van der Waals surface area contributed by atoms with E-state index >= 15 is 0 Å². The Labute approximate surface area is 149 Å². The molecule has 0 radical (unpaired) electrons. The zero-order valence-electron chi connectivity index (χ0n) is 13.0. The Morgan fingerprint density at radius 1 is 0.875 bits per heavy atom. The lowest BCUT2D eigenvalue weighted by Crippen LogP contribution is -2.18. The molecule has 0 unspecified atom stereocenters. The summed E-state index contributed by atoms with van der Waals surface area (Å²) in [6.45, 7) is 0. The second-order valence-electron chi connectivity index (χ2n) is 5.73. The fraction of sp³-hybridized carbons (Fsp3) is 0.100. The van der Waals surface area contributed by atoms with E-state index in [9.17, 15) is 0 Å². The first-order valence-electron chi connectivity index (χ1n) is 7.89. The summed E-state index contributed by atoms with van der Waals surface area (Å²) in [6, 6.07) is 23.1. The third-order valence-electron chi connectivity index (χ3n) is 4.20. The van der Waals surface area contributed by atoms with Crippen molar-refractivity contribution in [3.63, 3.8) is 0 Å². The van der Waals surface area contributed by atoms with Crippen LogP contribution < -0.4 is 5.01 Å². The third kappa shape index (κ3) is 2.97. The monoisotopic (exact) mass is 377 g/mol. The molecule has 4 heteroatoms. The lowest BCUT2D eigenvalue weighted by molar-refractivity contribution is 0.709. The van der Waals surface area contributed by atoms with E-state index in [4.69, 9.17) is 5.10 Å². The SMILES string of the molecule is Brc1ccc([C@@H]2CC(c3ccncc3)=NN2c2ccccc2)cc1. The lowest BCUT2D eigenvalue weighted by atomic mass is 9.99. The molecule has 0 saturated carbocycles. The number of hydrazone groups is 1. The number of benzene rings is 2. The highest BCUT2D eigenvalue weighted by Gasteiger charge is 2.29. The van der Waals surface area contributed by atoms with Gasteiger partial charge in [-0.2, -0.15) is 5.10 Å². The first kappa shape index (κ1) is 15.1. The van der Waals surface area contributed by atoms with E-state index < -0.39 is 0 Å². The zero-order chi connectivity index (χ0) is 16.4. The maximum absolute atomic E-state index is 4.92. The number of halogens is 1. The Morgan fingerprint density at radius 3 is 2.29 bits per heavy atom. The molecule has 3 aromatic rings. The van der Waals surface area contributed by atoms with Crippen molar-refractivity contribution in [1.29, 1.82) is 0 Å². The smallest absolute Gasteiger partial charge is 0.0831 e. The van der Waals surface area contributed by atoms with Crippen LogP contribution in [0.4, 0.5) is 5.69 Å². The van der Waals surface area contributed by atoms with Gasteiger partial charge in [-0.25, -0.2) is 0 Å². The van der Waals surface area contributed by atoms with Crippen molar-refractivity contribution in [2.75, 3.05) is 5.01 Å². The van der Waals surface area contributed by atoms with Crippen LogP contribution in [-0.4, -0.2) is 10.7 Å². The second-order valence-corrected chi connectivity index (χ2v) is 6.65. The summed E-state index contributed by atoms with van der Waals surface area (Å²) >= 11 is 3.51. The van der Waals surface area contributed by atoms with E-state index in [2.05, 4.69) is 62.3 Å². The van der Waals surface area contributed by atoms with Gasteiger partial charge in [0.15, 0.2) is 0 Å². The van der Waals surface area contributed by atoms with Crippen molar-refractivity contribution in [3.05, 3.63) is 94.7 Å². The first-order chi connectivity index (χ1) is 11.8. The Kier molecular flexibility index (Phi) is 4.13. The molecule has 0 bridgehead atoms. The predicted octanol–water partition coefficient (Wildman–Crippen LogP) is 5.20. The summed E-state index contributed by atoms with van der Waals surface area (Å²) in [4.78, 5) is 4.11. The second kappa shape index (κ2) is 6.57. The van der Waals surface area contributed by atoms with Gasteiger partial charge < -0.3 is 0 Å². The van der Waals surface area contributed by atoms with Crippen molar-refractivity contribution in [2.45, 2.75) is 12.5 Å². The van der Waals surface area contributed by atoms with Crippen LogP contribution in [0, 0.1) is 0 Å². The molecule has 1 atom stereocenters. The number of aromatic nitrogens is 1. The van der Waals surface area contributed by atoms with E-state index in [1.165, 1.54) is 5.56 Å². The summed E-state index contributed by atoms with van der Waals surface area (Å²) in [7, 11) is 0. The number of pyridine rings is 1. The van der Waals surface area contributed by atoms with E-state index in [1.807, 2.05) is 42.7 Å². The summed E-state index contributed by atoms with van der Waals surface area (Å²) < 4.78 is 1.09. The number of hydrogen-bond donors (Lipinski definition) is 0. The van der Waals surface area contributed by atoms with Gasteiger partial charge in [0, 0.05) is 28.9 Å². The van der Waals surface area contributed by atoms with Gasteiger partial charge in [-0.15, -0.1) is 0 Å². The van der Waals surface area contributed by atoms with Gasteiger partial charge in [-0.3, -0.25) is 9.99 Å². The molecule has 0 spiro atoms. The highest BCUT2D eigenvalue weighted by atomic mass is 79.9. The van der Waals surface area contributed by atoms with Crippen molar-refractivity contribution in [1.82, 2.24) is 4.98 Å². The average molecular weight is 378 g/mol. The number of rotatable bonds is 3. The van der Waals surface area contributed by atoms with Gasteiger partial charge in [-0.1, -0.05) is 46.3 Å². The summed E-state index contributed by atoms with van der Waals surface area (Å²) in [5.41, 5.74) is 4.59. The lowest BCUT2D eigenvalue weighted by Gasteiger charge is -2.24. The average Bonchev–Trinajstić information content (AvgIpc) is 3.09. The molecular formula is C20H16BrN3. The molecule has 0 saturated heterocycles. The zero-order valence-corrected chi connectivity index (χ0v) is 14.6. The van der Waals surface area contributed by atoms with Crippen molar-refractivity contribution < 1.29 is 0 Å². The molecule has 24 heavy (non-hydrogen) atoms. The van der Waals surface area contributed by atoms with Crippen LogP contribution >= 0.6 is 15.9 Å². The predicted molar refractivity (Wildman–Crippen MR) is 101 cm³/mol. The maximum Gasteiger partial charge on any atom is 0.0831 e. The van der Waals surface area contributed by atoms with E-state index in [-0.39, 0.29) is 6.04 Å². The number of hydrogen-bond acceptors (Lipinski definition) is 3. The molecule has 0 fully saturated rings. The van der Waals surface area contributed by atoms with E-state index in [1.54, 1.807) is 0 Å². The van der Waals surface area contributed by atoms with Crippen molar-refractivity contribution >= 4 is 27.3 Å². The van der Waals surface area contributed by atoms with Crippen LogP contribution in [0.3, 0.4) is 0 Å². The summed E-state index contributed by atoms with van der Waals surface area (Å²) in [5, 5.41) is 7.04. The van der Waals surface area contributed by atoms with Crippen molar-refractivity contribution in [3.8, 4) is 0 Å². The number of nitrogens with zero attached hydrogens (tertiary/aromatic N) is 3. The summed E-state index contributed by atoms with van der Waals surface area (Å²) in [6.07, 6.45) is 4.51. The van der Waals surface area contributed by atoms with Crippen LogP contribution in [0.25, 0.3) is 0 Å². The molecule has 4 rings (SSSR count). The minimum Gasteiger partial charge on any atom is -0.265 e. The van der Waals surface area contributed by atoms with Crippen molar-refractivity contribution in [2.24, 2.45) is 5.10 Å². The molecule has 1 aliphatic heterocycles. The quantitative estimate of drug-likeness (QED) is 0.627. The van der Waals surface area contributed by atoms with E-state index in [0.29, 0.717) is 0 Å². The van der Waals surface area contributed by atoms with Crippen LogP contribution in [0.5, 0.6) is 0 Å². The Balaban J connectivity index is 1.74. The van der Waals surface area contributed by atoms with Gasteiger partial charge in [0.25, 0.3) is 0 Å². The molecule has 0 amide bonds. The highest BCUT2D eigenvalue weighted by Crippen LogP contribution is 2.36. The molecular weight excluding hydrogens is 362 g/mol. The first-order valence-corrected chi connectivity index (χ1v) is 8.68. The summed E-state index contributed by atoms with van der Waals surface area (Å²) in [5.74, 6) is 0. The topological polar surface area (TPSA) is 28.5 Å². The molecule has 3 nitrogen and oxygen atoms in total. The largest absolute Gasteiger partial charge is 0.265 e. The van der Waals surface area contributed by atoms with Crippen LogP contribution in [0.1, 0.15) is 23.6 Å². The van der Waals surface area contributed by atoms with Gasteiger partial charge in [0.05, 0.1) is 17.4 Å². The number of para-hydroxylation sites is 1. The maximum atomic E-state index is 4.92. The molecule has 1 aliphatic rings. The normalized spacial score (nSPS) is 17.0. The Hall–Kier alpha value is -2.46. The Morgan fingerprint density at radius 2 is 1.58 bits per heavy atom. The highest BCUT2D eigenvalue weighted by molar-refractivity contribution is 9.10. The number of anilines is 1. The Bertz CT molecular complexity index is 845. The van der Waals surface area contributed by atoms with Gasteiger partial charge in [0.1, 0.15) is 0 Å². The minimum atomic E-state index is 0.198. The molecule has 0 N–H and O–H groups in total. The molecule has 2 heterocycles. The fourth-order valence-electron chi connectivity index (χ4n) is 2.99. The van der Waals surface area contributed by atoms with Gasteiger partial charge in [-0.05, 0) is 42.0 Å². The standard InChI is InChI=1S/C20H16BrN3/c21-17-8-6-16(7-9-17)20-14-19(15-10-12-22-13-11-15)23-24(20)18-4-2-1-3-5-18/h1-13,20H,14H2/t20-/m0/s1.